The average Bonchev–Trinajstić information content (AvgIpc) is 2.40. The van der Waals surface area contributed by atoms with Gasteiger partial charge in [0.05, 0.1) is 0 Å². The minimum Gasteiger partial charge on any atom is -0.398 e. The molecule has 0 heterocycles. The van der Waals surface area contributed by atoms with E-state index in [-0.39, 0.29) is 5.91 Å². The van der Waals surface area contributed by atoms with Crippen molar-refractivity contribution in [2.45, 2.75) is 16.7 Å². The zero-order valence-corrected chi connectivity index (χ0v) is 11.8. The maximum atomic E-state index is 11.6. The van der Waals surface area contributed by atoms with Gasteiger partial charge >= 0.3 is 0 Å². The first kappa shape index (κ1) is 13.5. The fourth-order valence-corrected chi connectivity index (χ4v) is 2.73. The molecule has 3 nitrogen and oxygen atoms in total. The van der Waals surface area contributed by atoms with Crippen molar-refractivity contribution in [2.75, 3.05) is 12.8 Å². The Morgan fingerprint density at radius 2 is 2.00 bits per heavy atom. The Bertz CT molecular complexity index is 611. The first-order valence-electron chi connectivity index (χ1n) is 5.96. The second-order valence-electron chi connectivity index (χ2n) is 4.25. The molecule has 0 fully saturated rings. The number of carbonyl (C=O) groups is 1. The largest absolute Gasteiger partial charge is 0.398 e. The molecule has 1 amide bonds. The molecule has 3 N–H and O–H groups in total. The van der Waals surface area contributed by atoms with Crippen LogP contribution in [0.1, 0.15) is 15.9 Å². The Kier molecular flexibility index (Phi) is 4.12. The first-order valence-corrected chi connectivity index (χ1v) is 6.78. The predicted octanol–water partition coefficient (Wildman–Crippen LogP) is 3.09. The van der Waals surface area contributed by atoms with Crippen LogP contribution >= 0.6 is 11.8 Å². The zero-order chi connectivity index (χ0) is 13.8. The van der Waals surface area contributed by atoms with E-state index in [9.17, 15) is 4.79 Å². The van der Waals surface area contributed by atoms with E-state index in [0.29, 0.717) is 11.3 Å². The molecule has 0 unspecified atom stereocenters. The lowest BCUT2D eigenvalue weighted by Crippen LogP contribution is -2.17. The molecule has 0 aliphatic heterocycles. The summed E-state index contributed by atoms with van der Waals surface area (Å²) in [6.45, 7) is 2.05. The molecule has 0 bridgehead atoms. The molecule has 2 rings (SSSR count). The second kappa shape index (κ2) is 5.80. The van der Waals surface area contributed by atoms with E-state index in [1.807, 2.05) is 31.2 Å². The number of benzene rings is 2. The number of nitrogens with two attached hydrogens (primary N) is 1. The van der Waals surface area contributed by atoms with Gasteiger partial charge in [-0.25, -0.2) is 0 Å². The van der Waals surface area contributed by atoms with Crippen LogP contribution in [-0.2, 0) is 0 Å². The summed E-state index contributed by atoms with van der Waals surface area (Å²) >= 11 is 1.57. The molecular formula is C15H16N2OS. The molecule has 0 aromatic heterocycles. The van der Waals surface area contributed by atoms with Crippen LogP contribution in [0.15, 0.2) is 52.3 Å². The monoisotopic (exact) mass is 272 g/mol. The van der Waals surface area contributed by atoms with Crippen LogP contribution in [0.5, 0.6) is 0 Å². The van der Waals surface area contributed by atoms with Crippen LogP contribution < -0.4 is 11.1 Å². The van der Waals surface area contributed by atoms with Crippen LogP contribution in [0.4, 0.5) is 5.69 Å². The molecule has 0 saturated carbocycles. The summed E-state index contributed by atoms with van der Waals surface area (Å²) in [4.78, 5) is 13.6. The highest BCUT2D eigenvalue weighted by Gasteiger charge is 2.08. The molecule has 98 valence electrons. The Balaban J connectivity index is 2.31. The van der Waals surface area contributed by atoms with Crippen LogP contribution in [0.2, 0.25) is 0 Å². The van der Waals surface area contributed by atoms with Crippen LogP contribution in [-0.4, -0.2) is 13.0 Å². The topological polar surface area (TPSA) is 55.1 Å². The molecule has 0 saturated heterocycles. The number of nitrogen functional groups attached to an aromatic ring is 1. The molecule has 0 atom stereocenters. The van der Waals surface area contributed by atoms with Crippen LogP contribution in [0, 0.1) is 6.92 Å². The summed E-state index contributed by atoms with van der Waals surface area (Å²) < 4.78 is 0. The third kappa shape index (κ3) is 3.29. The van der Waals surface area contributed by atoms with Gasteiger partial charge < -0.3 is 11.1 Å². The molecule has 2 aromatic rings. The van der Waals surface area contributed by atoms with Gasteiger partial charge in [-0.05, 0) is 37.3 Å². The summed E-state index contributed by atoms with van der Waals surface area (Å²) in [6.07, 6.45) is 0. The van der Waals surface area contributed by atoms with Crippen molar-refractivity contribution in [1.82, 2.24) is 5.32 Å². The summed E-state index contributed by atoms with van der Waals surface area (Å²) in [5.41, 5.74) is 8.46. The molecule has 0 aliphatic carbocycles. The zero-order valence-electron chi connectivity index (χ0n) is 10.9. The van der Waals surface area contributed by atoms with E-state index in [4.69, 9.17) is 5.73 Å². The van der Waals surface area contributed by atoms with Gasteiger partial charge in [0.15, 0.2) is 0 Å². The highest BCUT2D eigenvalue weighted by Crippen LogP contribution is 2.33. The minimum atomic E-state index is -0.105. The van der Waals surface area contributed by atoms with Gasteiger partial charge in [0.25, 0.3) is 5.91 Å². The van der Waals surface area contributed by atoms with Gasteiger partial charge in [0.1, 0.15) is 0 Å². The maximum absolute atomic E-state index is 11.6. The van der Waals surface area contributed by atoms with Crippen LogP contribution in [0.3, 0.4) is 0 Å². The summed E-state index contributed by atoms with van der Waals surface area (Å²) in [5.74, 6) is -0.105. The molecular weight excluding hydrogens is 256 g/mol. The summed E-state index contributed by atoms with van der Waals surface area (Å²) in [5, 5.41) is 2.61. The molecule has 4 heteroatoms. The van der Waals surface area contributed by atoms with Gasteiger partial charge in [-0.1, -0.05) is 29.5 Å². The minimum absolute atomic E-state index is 0.105. The summed E-state index contributed by atoms with van der Waals surface area (Å²) in [7, 11) is 1.62. The van der Waals surface area contributed by atoms with Crippen molar-refractivity contribution in [2.24, 2.45) is 0 Å². The summed E-state index contributed by atoms with van der Waals surface area (Å²) in [6, 6.07) is 13.5. The normalized spacial score (nSPS) is 10.2. The molecule has 19 heavy (non-hydrogen) atoms. The molecule has 2 aromatic carbocycles. The smallest absolute Gasteiger partial charge is 0.251 e. The van der Waals surface area contributed by atoms with E-state index in [0.717, 1.165) is 9.79 Å². The number of hydrogen-bond donors (Lipinski definition) is 2. The van der Waals surface area contributed by atoms with Crippen molar-refractivity contribution in [1.29, 1.82) is 0 Å². The van der Waals surface area contributed by atoms with Crippen molar-refractivity contribution in [3.63, 3.8) is 0 Å². The molecule has 0 radical (unpaired) electrons. The number of carbonyl (C=O) groups excluding carboxylic acids is 1. The Morgan fingerprint density at radius 3 is 2.68 bits per heavy atom. The third-order valence-electron chi connectivity index (χ3n) is 2.72. The molecule has 0 aliphatic rings. The highest BCUT2D eigenvalue weighted by molar-refractivity contribution is 7.99. The lowest BCUT2D eigenvalue weighted by molar-refractivity contribution is 0.0963. The van der Waals surface area contributed by atoms with Crippen molar-refractivity contribution in [3.05, 3.63) is 53.6 Å². The van der Waals surface area contributed by atoms with Crippen LogP contribution in [0.25, 0.3) is 0 Å². The Hall–Kier alpha value is -1.94. The maximum Gasteiger partial charge on any atom is 0.251 e. The van der Waals surface area contributed by atoms with E-state index in [1.54, 1.807) is 30.9 Å². The number of amides is 1. The number of nitrogens with one attached hydrogen (secondary N) is 1. The Labute approximate surface area is 117 Å². The predicted molar refractivity (Wildman–Crippen MR) is 79.5 cm³/mol. The van der Waals surface area contributed by atoms with Crippen molar-refractivity contribution < 1.29 is 4.79 Å². The number of anilines is 1. The first-order chi connectivity index (χ1) is 9.10. The third-order valence-corrected chi connectivity index (χ3v) is 3.78. The van der Waals surface area contributed by atoms with Crippen molar-refractivity contribution in [3.8, 4) is 0 Å². The highest BCUT2D eigenvalue weighted by atomic mass is 32.2. The lowest BCUT2D eigenvalue weighted by atomic mass is 10.2. The fraction of sp³-hybridized carbons (Fsp3) is 0.133. The number of rotatable bonds is 3. The van der Waals surface area contributed by atoms with E-state index >= 15 is 0 Å². The van der Waals surface area contributed by atoms with E-state index in [2.05, 4.69) is 11.4 Å². The molecule has 0 spiro atoms. The lowest BCUT2D eigenvalue weighted by Gasteiger charge is -2.08. The number of aryl methyl sites for hydroxylation is 1. The standard InChI is InChI=1S/C15H16N2OS/c1-10-4-3-5-12(8-10)19-14-9-11(15(18)17-2)6-7-13(14)16/h3-9H,16H2,1-2H3,(H,17,18). The number of hydrogen-bond acceptors (Lipinski definition) is 3. The Morgan fingerprint density at radius 1 is 1.21 bits per heavy atom. The fourth-order valence-electron chi connectivity index (χ4n) is 1.71. The van der Waals surface area contributed by atoms with E-state index < -0.39 is 0 Å². The van der Waals surface area contributed by atoms with Crippen molar-refractivity contribution >= 4 is 23.4 Å². The average molecular weight is 272 g/mol. The second-order valence-corrected chi connectivity index (χ2v) is 5.37. The van der Waals surface area contributed by atoms with E-state index in [1.165, 1.54) is 5.56 Å². The van der Waals surface area contributed by atoms with Gasteiger partial charge in [-0.15, -0.1) is 0 Å². The van der Waals surface area contributed by atoms with Gasteiger partial charge in [-0.3, -0.25) is 4.79 Å². The SMILES string of the molecule is CNC(=O)c1ccc(N)c(Sc2cccc(C)c2)c1. The van der Waals surface area contributed by atoms with Gasteiger partial charge in [0.2, 0.25) is 0 Å². The quantitative estimate of drug-likeness (QED) is 0.844. The van der Waals surface area contributed by atoms with Gasteiger partial charge in [-0.2, -0.15) is 0 Å². The van der Waals surface area contributed by atoms with Gasteiger partial charge in [0, 0.05) is 28.1 Å².